The molecular formula is C24H28N2O4S2. The van der Waals surface area contributed by atoms with E-state index in [9.17, 15) is 13.2 Å². The third kappa shape index (κ3) is 6.64. The zero-order valence-electron chi connectivity index (χ0n) is 18.3. The van der Waals surface area contributed by atoms with Gasteiger partial charge >= 0.3 is 0 Å². The molecule has 0 aliphatic rings. The summed E-state index contributed by atoms with van der Waals surface area (Å²) in [6, 6.07) is 17.5. The predicted octanol–water partition coefficient (Wildman–Crippen LogP) is 4.53. The summed E-state index contributed by atoms with van der Waals surface area (Å²) < 4.78 is 33.1. The molecule has 0 spiro atoms. The number of thioether (sulfide) groups is 1. The Labute approximate surface area is 194 Å². The Morgan fingerprint density at radius 2 is 1.66 bits per heavy atom. The lowest BCUT2D eigenvalue weighted by atomic mass is 10.2. The standard InChI is InChI=1S/C24H28N2O4S2/c1-19-6-10-21(11-7-19)26(32(28,29)23-12-8-20(2)9-13-23)17-24(27)25-14-4-16-31-18-22-5-3-15-30-22/h3,5-13,15H,4,14,16-18H2,1-2H3,(H,25,27). The number of hydrogen-bond donors (Lipinski definition) is 1. The Hall–Kier alpha value is -2.71. The zero-order chi connectivity index (χ0) is 23.0. The maximum atomic E-state index is 13.3. The fraction of sp³-hybridized carbons (Fsp3) is 0.292. The van der Waals surface area contributed by atoms with Gasteiger partial charge in [-0.25, -0.2) is 8.42 Å². The van der Waals surface area contributed by atoms with Gasteiger partial charge in [-0.15, -0.1) is 0 Å². The minimum Gasteiger partial charge on any atom is -0.468 e. The van der Waals surface area contributed by atoms with Crippen molar-refractivity contribution in [2.75, 3.05) is 23.1 Å². The van der Waals surface area contributed by atoms with E-state index in [4.69, 9.17) is 4.42 Å². The number of nitrogens with zero attached hydrogens (tertiary/aromatic N) is 1. The van der Waals surface area contributed by atoms with Gasteiger partial charge in [0, 0.05) is 6.54 Å². The van der Waals surface area contributed by atoms with Gasteiger partial charge in [0.15, 0.2) is 0 Å². The summed E-state index contributed by atoms with van der Waals surface area (Å²) >= 11 is 1.73. The summed E-state index contributed by atoms with van der Waals surface area (Å²) in [6.07, 6.45) is 2.44. The van der Waals surface area contributed by atoms with Gasteiger partial charge in [-0.2, -0.15) is 11.8 Å². The molecule has 2 aromatic carbocycles. The molecule has 0 radical (unpaired) electrons. The van der Waals surface area contributed by atoms with E-state index < -0.39 is 10.0 Å². The molecule has 3 aromatic rings. The molecule has 0 saturated heterocycles. The van der Waals surface area contributed by atoms with Crippen LogP contribution in [0.15, 0.2) is 76.2 Å². The van der Waals surface area contributed by atoms with Crippen molar-refractivity contribution in [3.05, 3.63) is 83.8 Å². The number of carbonyl (C=O) groups is 1. The van der Waals surface area contributed by atoms with Crippen LogP contribution < -0.4 is 9.62 Å². The van der Waals surface area contributed by atoms with E-state index >= 15 is 0 Å². The second kappa shape index (κ2) is 11.2. The normalized spacial score (nSPS) is 11.3. The lowest BCUT2D eigenvalue weighted by Crippen LogP contribution is -2.41. The fourth-order valence-corrected chi connectivity index (χ4v) is 5.30. The van der Waals surface area contributed by atoms with Crippen LogP contribution in [0.4, 0.5) is 5.69 Å². The van der Waals surface area contributed by atoms with Gasteiger partial charge in [0.25, 0.3) is 10.0 Å². The first-order valence-electron chi connectivity index (χ1n) is 10.4. The predicted molar refractivity (Wildman–Crippen MR) is 129 cm³/mol. The van der Waals surface area contributed by atoms with Gasteiger partial charge < -0.3 is 9.73 Å². The molecule has 0 bridgehead atoms. The van der Waals surface area contributed by atoms with Crippen LogP contribution in [0.25, 0.3) is 0 Å². The average molecular weight is 473 g/mol. The van der Waals surface area contributed by atoms with Crippen LogP contribution in [0.1, 0.15) is 23.3 Å². The molecule has 8 heteroatoms. The molecule has 1 heterocycles. The maximum absolute atomic E-state index is 13.3. The number of nitrogens with one attached hydrogen (secondary N) is 1. The number of anilines is 1. The first-order valence-corrected chi connectivity index (χ1v) is 13.0. The molecule has 6 nitrogen and oxygen atoms in total. The number of amides is 1. The molecule has 0 atom stereocenters. The molecule has 0 saturated carbocycles. The number of furan rings is 1. The van der Waals surface area contributed by atoms with Crippen molar-refractivity contribution in [1.29, 1.82) is 0 Å². The van der Waals surface area contributed by atoms with Crippen molar-refractivity contribution in [1.82, 2.24) is 5.32 Å². The van der Waals surface area contributed by atoms with Crippen molar-refractivity contribution in [3.8, 4) is 0 Å². The second-order valence-electron chi connectivity index (χ2n) is 7.50. The second-order valence-corrected chi connectivity index (χ2v) is 10.5. The molecule has 32 heavy (non-hydrogen) atoms. The molecule has 0 unspecified atom stereocenters. The van der Waals surface area contributed by atoms with Gasteiger partial charge in [0.2, 0.25) is 5.91 Å². The first kappa shape index (κ1) is 23.9. The zero-order valence-corrected chi connectivity index (χ0v) is 19.9. The van der Waals surface area contributed by atoms with Gasteiger partial charge in [-0.3, -0.25) is 9.10 Å². The minimum absolute atomic E-state index is 0.158. The molecule has 0 aliphatic heterocycles. The van der Waals surface area contributed by atoms with Crippen LogP contribution in [0, 0.1) is 13.8 Å². The fourth-order valence-electron chi connectivity index (χ4n) is 3.02. The highest BCUT2D eigenvalue weighted by Crippen LogP contribution is 2.24. The van der Waals surface area contributed by atoms with Crippen molar-refractivity contribution in [2.45, 2.75) is 30.9 Å². The SMILES string of the molecule is Cc1ccc(N(CC(=O)NCCCSCc2ccco2)S(=O)(=O)c2ccc(C)cc2)cc1. The molecule has 170 valence electrons. The van der Waals surface area contributed by atoms with Crippen LogP contribution in [-0.2, 0) is 20.6 Å². The minimum atomic E-state index is -3.89. The third-order valence-corrected chi connectivity index (χ3v) is 7.68. The summed E-state index contributed by atoms with van der Waals surface area (Å²) in [7, 11) is -3.89. The summed E-state index contributed by atoms with van der Waals surface area (Å²) in [5.41, 5.74) is 2.44. The highest BCUT2D eigenvalue weighted by Gasteiger charge is 2.27. The van der Waals surface area contributed by atoms with Crippen molar-refractivity contribution < 1.29 is 17.6 Å². The molecule has 1 amide bonds. The van der Waals surface area contributed by atoms with Crippen LogP contribution >= 0.6 is 11.8 Å². The molecular weight excluding hydrogens is 444 g/mol. The van der Waals surface area contributed by atoms with Crippen molar-refractivity contribution in [3.63, 3.8) is 0 Å². The Morgan fingerprint density at radius 1 is 1.00 bits per heavy atom. The first-order chi connectivity index (χ1) is 15.4. The van der Waals surface area contributed by atoms with Crippen molar-refractivity contribution in [2.24, 2.45) is 0 Å². The van der Waals surface area contributed by atoms with E-state index in [1.165, 1.54) is 0 Å². The molecule has 3 rings (SSSR count). The van der Waals surface area contributed by atoms with Crippen molar-refractivity contribution >= 4 is 33.4 Å². The van der Waals surface area contributed by atoms with E-state index in [0.717, 1.165) is 39.1 Å². The molecule has 0 fully saturated rings. The lowest BCUT2D eigenvalue weighted by Gasteiger charge is -2.24. The highest BCUT2D eigenvalue weighted by molar-refractivity contribution is 7.98. The summed E-state index contributed by atoms with van der Waals surface area (Å²) in [5, 5.41) is 2.84. The Kier molecular flexibility index (Phi) is 8.41. The van der Waals surface area contributed by atoms with E-state index in [2.05, 4.69) is 5.32 Å². The van der Waals surface area contributed by atoms with Crippen LogP contribution in [0.3, 0.4) is 0 Å². The number of hydrogen-bond acceptors (Lipinski definition) is 5. The Bertz CT molecular complexity index is 1090. The van der Waals surface area contributed by atoms with E-state index in [0.29, 0.717) is 12.2 Å². The van der Waals surface area contributed by atoms with Crippen LogP contribution in [0.5, 0.6) is 0 Å². The van der Waals surface area contributed by atoms with Gasteiger partial charge in [0.1, 0.15) is 12.3 Å². The van der Waals surface area contributed by atoms with E-state index in [1.807, 2.05) is 38.1 Å². The number of carbonyl (C=O) groups excluding carboxylic acids is 1. The monoisotopic (exact) mass is 472 g/mol. The number of sulfonamides is 1. The molecule has 1 aromatic heterocycles. The summed E-state index contributed by atoms with van der Waals surface area (Å²) in [5.74, 6) is 2.24. The summed E-state index contributed by atoms with van der Waals surface area (Å²) in [4.78, 5) is 12.8. The molecule has 0 aliphatic carbocycles. The smallest absolute Gasteiger partial charge is 0.264 e. The molecule has 1 N–H and O–H groups in total. The van der Waals surface area contributed by atoms with E-state index in [-0.39, 0.29) is 17.3 Å². The van der Waals surface area contributed by atoms with E-state index in [1.54, 1.807) is 54.4 Å². The summed E-state index contributed by atoms with van der Waals surface area (Å²) in [6.45, 7) is 4.03. The third-order valence-electron chi connectivity index (χ3n) is 4.83. The maximum Gasteiger partial charge on any atom is 0.264 e. The van der Waals surface area contributed by atoms with Crippen LogP contribution in [0.2, 0.25) is 0 Å². The van der Waals surface area contributed by atoms with Gasteiger partial charge in [0.05, 0.1) is 22.6 Å². The van der Waals surface area contributed by atoms with Gasteiger partial charge in [-0.05, 0) is 62.4 Å². The topological polar surface area (TPSA) is 79.6 Å². The highest BCUT2D eigenvalue weighted by atomic mass is 32.2. The Morgan fingerprint density at radius 3 is 2.28 bits per heavy atom. The lowest BCUT2D eigenvalue weighted by molar-refractivity contribution is -0.119. The number of aryl methyl sites for hydroxylation is 2. The quantitative estimate of drug-likeness (QED) is 0.415. The van der Waals surface area contributed by atoms with Crippen LogP contribution in [-0.4, -0.2) is 33.2 Å². The largest absolute Gasteiger partial charge is 0.468 e. The van der Waals surface area contributed by atoms with Gasteiger partial charge in [-0.1, -0.05) is 35.4 Å². The number of rotatable bonds is 11. The average Bonchev–Trinajstić information content (AvgIpc) is 3.29. The Balaban J connectivity index is 1.61. The number of benzene rings is 2.